The zero-order chi connectivity index (χ0) is 13.5. The number of hydrogen-bond acceptors (Lipinski definition) is 3. The molecular weight excluding hydrogens is 228 g/mol. The lowest BCUT2D eigenvalue weighted by atomic mass is 10.1. The van der Waals surface area contributed by atoms with Gasteiger partial charge in [0.05, 0.1) is 0 Å². The Morgan fingerprint density at radius 2 is 2.06 bits per heavy atom. The zero-order valence-corrected chi connectivity index (χ0v) is 11.3. The first-order valence-electron chi connectivity index (χ1n) is 6.22. The van der Waals surface area contributed by atoms with E-state index in [9.17, 15) is 4.79 Å². The molecule has 1 amide bonds. The Kier molecular flexibility index (Phi) is 5.65. The lowest BCUT2D eigenvalue weighted by Gasteiger charge is -2.21. The van der Waals surface area contributed by atoms with Crippen molar-refractivity contribution in [3.63, 3.8) is 0 Å². The van der Waals surface area contributed by atoms with E-state index in [1.54, 1.807) is 11.9 Å². The minimum Gasteiger partial charge on any atom is -0.483 e. The fourth-order valence-corrected chi connectivity index (χ4v) is 1.54. The third kappa shape index (κ3) is 4.04. The number of nitrogens with two attached hydrogens (primary N) is 1. The molecule has 0 saturated heterocycles. The molecule has 0 atom stereocenters. The maximum atomic E-state index is 11.8. The molecule has 0 heterocycles. The van der Waals surface area contributed by atoms with Gasteiger partial charge in [0.25, 0.3) is 5.91 Å². The van der Waals surface area contributed by atoms with Gasteiger partial charge in [-0.25, -0.2) is 0 Å². The Labute approximate surface area is 109 Å². The number of nitrogens with zero attached hydrogens (tertiary/aromatic N) is 1. The molecule has 4 heteroatoms. The first kappa shape index (κ1) is 14.5. The maximum Gasteiger partial charge on any atom is 0.260 e. The van der Waals surface area contributed by atoms with Gasteiger partial charge in [0, 0.05) is 13.1 Å². The highest BCUT2D eigenvalue weighted by atomic mass is 16.5. The van der Waals surface area contributed by atoms with E-state index in [1.807, 2.05) is 38.1 Å². The predicted octanol–water partition coefficient (Wildman–Crippen LogP) is 1.43. The Morgan fingerprint density at radius 3 is 2.67 bits per heavy atom. The van der Waals surface area contributed by atoms with Gasteiger partial charge in [-0.1, -0.05) is 18.2 Å². The largest absolute Gasteiger partial charge is 0.483 e. The molecule has 0 aliphatic rings. The number of likely N-dealkylation sites (N-methyl/N-ethyl adjacent to an activating group) is 1. The summed E-state index contributed by atoms with van der Waals surface area (Å²) < 4.78 is 5.58. The summed E-state index contributed by atoms with van der Waals surface area (Å²) in [5.74, 6) is 0.723. The van der Waals surface area contributed by atoms with Crippen molar-refractivity contribution in [2.75, 3.05) is 20.2 Å². The molecule has 1 rings (SSSR count). The first-order chi connectivity index (χ1) is 8.56. The fraction of sp³-hybridized carbons (Fsp3) is 0.500. The van der Waals surface area contributed by atoms with Crippen molar-refractivity contribution in [1.82, 2.24) is 4.90 Å². The quantitative estimate of drug-likeness (QED) is 0.831. The van der Waals surface area contributed by atoms with Crippen LogP contribution in [0.1, 0.15) is 19.4 Å². The summed E-state index contributed by atoms with van der Waals surface area (Å²) in [7, 11) is 1.78. The maximum absolute atomic E-state index is 11.8. The molecule has 1 aromatic carbocycles. The highest BCUT2D eigenvalue weighted by Crippen LogP contribution is 2.18. The summed E-state index contributed by atoms with van der Waals surface area (Å²) in [6.07, 6.45) is 0.754. The number of ether oxygens (including phenoxy) is 1. The molecule has 0 aliphatic heterocycles. The Hall–Kier alpha value is -1.55. The molecule has 0 bridgehead atoms. The average Bonchev–Trinajstić information content (AvgIpc) is 2.36. The lowest BCUT2D eigenvalue weighted by molar-refractivity contribution is -0.133. The van der Waals surface area contributed by atoms with E-state index in [0.29, 0.717) is 6.54 Å². The van der Waals surface area contributed by atoms with Crippen molar-refractivity contribution in [2.45, 2.75) is 26.3 Å². The molecule has 0 radical (unpaired) electrons. The predicted molar refractivity (Wildman–Crippen MR) is 72.6 cm³/mol. The summed E-state index contributed by atoms with van der Waals surface area (Å²) in [6.45, 7) is 4.58. The Bertz CT molecular complexity index is 391. The van der Waals surface area contributed by atoms with Crippen LogP contribution in [0.3, 0.4) is 0 Å². The highest BCUT2D eigenvalue weighted by Gasteiger charge is 2.13. The molecule has 100 valence electrons. The third-order valence-electron chi connectivity index (χ3n) is 2.91. The molecule has 0 fully saturated rings. The molecule has 4 nitrogen and oxygen atoms in total. The highest BCUT2D eigenvalue weighted by molar-refractivity contribution is 5.77. The van der Waals surface area contributed by atoms with Crippen LogP contribution in [-0.4, -0.2) is 37.0 Å². The van der Waals surface area contributed by atoms with Gasteiger partial charge >= 0.3 is 0 Å². The summed E-state index contributed by atoms with van der Waals surface area (Å²) in [6, 6.07) is 7.86. The van der Waals surface area contributed by atoms with E-state index >= 15 is 0 Å². The first-order valence-corrected chi connectivity index (χ1v) is 6.22. The van der Waals surface area contributed by atoms with E-state index in [-0.39, 0.29) is 18.6 Å². The molecule has 0 saturated carbocycles. The Balaban J connectivity index is 2.60. The average molecular weight is 250 g/mol. The number of carbonyl (C=O) groups excluding carboxylic acids is 1. The number of para-hydroxylation sites is 1. The van der Waals surface area contributed by atoms with Gasteiger partial charge < -0.3 is 15.4 Å². The fourth-order valence-electron chi connectivity index (χ4n) is 1.54. The topological polar surface area (TPSA) is 55.6 Å². The van der Waals surface area contributed by atoms with Crippen molar-refractivity contribution in [1.29, 1.82) is 0 Å². The second-order valence-electron chi connectivity index (χ2n) is 4.53. The number of amides is 1. The number of carbonyl (C=O) groups is 1. The number of benzene rings is 1. The van der Waals surface area contributed by atoms with Crippen LogP contribution in [0.15, 0.2) is 24.3 Å². The van der Waals surface area contributed by atoms with Gasteiger partial charge in [0.2, 0.25) is 0 Å². The third-order valence-corrected chi connectivity index (χ3v) is 2.91. The van der Waals surface area contributed by atoms with Crippen LogP contribution in [0, 0.1) is 0 Å². The van der Waals surface area contributed by atoms with Crippen molar-refractivity contribution in [2.24, 2.45) is 5.73 Å². The van der Waals surface area contributed by atoms with E-state index in [4.69, 9.17) is 10.5 Å². The molecule has 2 N–H and O–H groups in total. The lowest BCUT2D eigenvalue weighted by Crippen LogP contribution is -2.36. The zero-order valence-electron chi connectivity index (χ0n) is 11.3. The normalized spacial score (nSPS) is 10.5. The summed E-state index contributed by atoms with van der Waals surface area (Å²) in [5, 5.41) is 0. The van der Waals surface area contributed by atoms with Gasteiger partial charge in [-0.3, -0.25) is 4.79 Å². The van der Waals surface area contributed by atoms with Crippen molar-refractivity contribution in [3.05, 3.63) is 29.8 Å². The van der Waals surface area contributed by atoms with Gasteiger partial charge in [-0.15, -0.1) is 0 Å². The second-order valence-corrected chi connectivity index (χ2v) is 4.53. The summed E-state index contributed by atoms with van der Waals surface area (Å²) in [5.41, 5.74) is 6.58. The van der Waals surface area contributed by atoms with E-state index in [0.717, 1.165) is 17.7 Å². The van der Waals surface area contributed by atoms with Gasteiger partial charge in [-0.05, 0) is 38.4 Å². The van der Waals surface area contributed by atoms with E-state index in [2.05, 4.69) is 0 Å². The smallest absolute Gasteiger partial charge is 0.260 e. The van der Waals surface area contributed by atoms with Crippen molar-refractivity contribution < 1.29 is 9.53 Å². The van der Waals surface area contributed by atoms with Crippen LogP contribution in [0.5, 0.6) is 5.75 Å². The monoisotopic (exact) mass is 250 g/mol. The van der Waals surface area contributed by atoms with Crippen molar-refractivity contribution in [3.8, 4) is 5.75 Å². The Morgan fingerprint density at radius 1 is 1.39 bits per heavy atom. The minimum atomic E-state index is -0.0208. The molecule has 1 aromatic rings. The van der Waals surface area contributed by atoms with Gasteiger partial charge in [-0.2, -0.15) is 0 Å². The summed E-state index contributed by atoms with van der Waals surface area (Å²) >= 11 is 0. The molecule has 0 aromatic heterocycles. The van der Waals surface area contributed by atoms with Crippen LogP contribution in [0.4, 0.5) is 0 Å². The van der Waals surface area contributed by atoms with E-state index in [1.165, 1.54) is 0 Å². The van der Waals surface area contributed by atoms with Crippen LogP contribution >= 0.6 is 0 Å². The minimum absolute atomic E-state index is 0.0208. The number of hydrogen-bond donors (Lipinski definition) is 1. The van der Waals surface area contributed by atoms with Crippen LogP contribution < -0.4 is 10.5 Å². The molecule has 18 heavy (non-hydrogen) atoms. The van der Waals surface area contributed by atoms with Crippen LogP contribution in [0.25, 0.3) is 0 Å². The molecule has 0 spiro atoms. The standard InChI is InChI=1S/C14H22N2O2/c1-11(2)16(3)14(17)10-18-13-7-5-4-6-12(13)8-9-15/h4-7,11H,8-10,15H2,1-3H3. The number of rotatable bonds is 6. The van der Waals surface area contributed by atoms with Gasteiger partial charge in [0.1, 0.15) is 5.75 Å². The molecule has 0 aliphatic carbocycles. The van der Waals surface area contributed by atoms with Crippen LogP contribution in [-0.2, 0) is 11.2 Å². The van der Waals surface area contributed by atoms with E-state index < -0.39 is 0 Å². The SMILES string of the molecule is CC(C)N(C)C(=O)COc1ccccc1CCN. The van der Waals surface area contributed by atoms with Crippen LogP contribution in [0.2, 0.25) is 0 Å². The molecule has 0 unspecified atom stereocenters. The van der Waals surface area contributed by atoms with Gasteiger partial charge in [0.15, 0.2) is 6.61 Å². The molecular formula is C14H22N2O2. The summed E-state index contributed by atoms with van der Waals surface area (Å²) in [4.78, 5) is 13.5. The van der Waals surface area contributed by atoms with Crippen molar-refractivity contribution >= 4 is 5.91 Å². The second kappa shape index (κ2) is 7.01.